The molecule has 96 valence electrons. The molecule has 0 unspecified atom stereocenters. The first-order valence-corrected chi connectivity index (χ1v) is 5.57. The number of hydrogen-bond donors (Lipinski definition) is 1. The molecule has 0 saturated heterocycles. The topological polar surface area (TPSA) is 32.9 Å². The van der Waals surface area contributed by atoms with Crippen LogP contribution >= 0.6 is 0 Å². The normalized spacial score (nSPS) is 12.1. The predicted octanol–water partition coefficient (Wildman–Crippen LogP) is 3.78. The molecule has 18 heavy (non-hydrogen) atoms. The van der Waals surface area contributed by atoms with Crippen LogP contribution in [0.5, 0.6) is 0 Å². The maximum absolute atomic E-state index is 12.6. The molecule has 0 aliphatic rings. The van der Waals surface area contributed by atoms with Crippen LogP contribution in [0.25, 0.3) is 10.9 Å². The van der Waals surface area contributed by atoms with Gasteiger partial charge in [-0.3, -0.25) is 4.79 Å². The van der Waals surface area contributed by atoms with E-state index in [9.17, 15) is 18.0 Å². The van der Waals surface area contributed by atoms with Crippen molar-refractivity contribution in [1.29, 1.82) is 0 Å². The summed E-state index contributed by atoms with van der Waals surface area (Å²) in [5.41, 5.74) is 1.46. The van der Waals surface area contributed by atoms with Crippen molar-refractivity contribution in [3.05, 3.63) is 35.0 Å². The van der Waals surface area contributed by atoms with Crippen LogP contribution in [0.2, 0.25) is 0 Å². The number of carbonyl (C=O) groups is 1. The fourth-order valence-corrected chi connectivity index (χ4v) is 2.03. The van der Waals surface area contributed by atoms with Gasteiger partial charge < -0.3 is 4.98 Å². The molecule has 0 atom stereocenters. The Kier molecular flexibility index (Phi) is 2.92. The van der Waals surface area contributed by atoms with Gasteiger partial charge in [0.15, 0.2) is 0 Å². The second-order valence-corrected chi connectivity index (χ2v) is 4.21. The Balaban J connectivity index is 2.74. The molecule has 1 aromatic carbocycles. The Labute approximate surface area is 102 Å². The van der Waals surface area contributed by atoms with E-state index in [1.165, 1.54) is 0 Å². The highest BCUT2D eigenvalue weighted by Crippen LogP contribution is 2.30. The van der Waals surface area contributed by atoms with Gasteiger partial charge in [0.2, 0.25) is 0 Å². The van der Waals surface area contributed by atoms with Gasteiger partial charge in [-0.2, -0.15) is 13.2 Å². The summed E-state index contributed by atoms with van der Waals surface area (Å²) in [6, 6.07) is 5.08. The molecule has 0 spiro atoms. The van der Waals surface area contributed by atoms with Crippen molar-refractivity contribution < 1.29 is 18.0 Å². The van der Waals surface area contributed by atoms with Gasteiger partial charge in [-0.25, -0.2) is 0 Å². The monoisotopic (exact) mass is 255 g/mol. The molecule has 2 rings (SSSR count). The lowest BCUT2D eigenvalue weighted by Crippen LogP contribution is -2.23. The van der Waals surface area contributed by atoms with Crippen molar-refractivity contribution in [3.8, 4) is 0 Å². The quantitative estimate of drug-likeness (QED) is 0.814. The minimum atomic E-state index is -4.84. The number of carbonyl (C=O) groups excluding carboxylic acids is 1. The molecule has 1 N–H and O–H groups in total. The molecule has 0 amide bonds. The summed E-state index contributed by atoms with van der Waals surface area (Å²) in [5.74, 6) is -1.78. The number of nitrogens with one attached hydrogen (secondary N) is 1. The van der Waals surface area contributed by atoms with Crippen molar-refractivity contribution >= 4 is 16.7 Å². The van der Waals surface area contributed by atoms with Gasteiger partial charge in [-0.1, -0.05) is 18.6 Å². The van der Waals surface area contributed by atoms with Crippen molar-refractivity contribution in [1.82, 2.24) is 4.98 Å². The van der Waals surface area contributed by atoms with Crippen LogP contribution in [-0.2, 0) is 6.42 Å². The average Bonchev–Trinajstić information content (AvgIpc) is 2.64. The Hall–Kier alpha value is -1.78. The van der Waals surface area contributed by atoms with Crippen LogP contribution in [0, 0.1) is 6.92 Å². The van der Waals surface area contributed by atoms with E-state index in [-0.39, 0.29) is 5.56 Å². The molecule has 2 nitrogen and oxygen atoms in total. The van der Waals surface area contributed by atoms with Crippen LogP contribution in [0.3, 0.4) is 0 Å². The van der Waals surface area contributed by atoms with E-state index < -0.39 is 12.0 Å². The SMILES string of the molecule is CCc1[nH]c2ccc(C)cc2c1C(=O)C(F)(F)F. The fraction of sp³-hybridized carbons (Fsp3) is 0.308. The first-order valence-electron chi connectivity index (χ1n) is 5.57. The van der Waals surface area contributed by atoms with Gasteiger partial charge in [0.1, 0.15) is 0 Å². The average molecular weight is 255 g/mol. The summed E-state index contributed by atoms with van der Waals surface area (Å²) in [7, 11) is 0. The van der Waals surface area contributed by atoms with Crippen molar-refractivity contribution in [2.45, 2.75) is 26.4 Å². The largest absolute Gasteiger partial charge is 0.454 e. The minimum absolute atomic E-state index is 0.247. The molecule has 0 bridgehead atoms. The number of fused-ring (bicyclic) bond motifs is 1. The van der Waals surface area contributed by atoms with Crippen LogP contribution in [0.4, 0.5) is 13.2 Å². The zero-order chi connectivity index (χ0) is 13.5. The number of Topliss-reactive ketones (excluding diaryl/α,β-unsaturated/α-hetero) is 1. The first-order chi connectivity index (χ1) is 8.34. The molecule has 5 heteroatoms. The van der Waals surface area contributed by atoms with Gasteiger partial charge >= 0.3 is 6.18 Å². The van der Waals surface area contributed by atoms with E-state index in [4.69, 9.17) is 0 Å². The number of halogens is 3. The third-order valence-corrected chi connectivity index (χ3v) is 2.87. The number of rotatable bonds is 2. The maximum Gasteiger partial charge on any atom is 0.454 e. The van der Waals surface area contributed by atoms with Crippen molar-refractivity contribution in [2.75, 3.05) is 0 Å². The fourth-order valence-electron chi connectivity index (χ4n) is 2.03. The highest BCUT2D eigenvalue weighted by atomic mass is 19.4. The summed E-state index contributed by atoms with van der Waals surface area (Å²) in [5, 5.41) is 0.342. The molecule has 1 heterocycles. The number of benzene rings is 1. The molecule has 2 aromatic rings. The summed E-state index contributed by atoms with van der Waals surface area (Å²) in [6.45, 7) is 3.49. The Bertz CT molecular complexity index is 610. The number of alkyl halides is 3. The lowest BCUT2D eigenvalue weighted by molar-refractivity contribution is -0.0884. The number of aryl methyl sites for hydroxylation is 2. The summed E-state index contributed by atoms with van der Waals surface area (Å²) >= 11 is 0. The van der Waals surface area contributed by atoms with Crippen LogP contribution in [0.15, 0.2) is 18.2 Å². The van der Waals surface area contributed by atoms with E-state index in [0.29, 0.717) is 23.0 Å². The summed E-state index contributed by atoms with van der Waals surface area (Å²) in [4.78, 5) is 14.4. The van der Waals surface area contributed by atoms with E-state index in [1.807, 2.05) is 0 Å². The highest BCUT2D eigenvalue weighted by Gasteiger charge is 2.41. The summed E-state index contributed by atoms with van der Waals surface area (Å²) in [6.07, 6.45) is -4.49. The van der Waals surface area contributed by atoms with Gasteiger partial charge in [0, 0.05) is 16.6 Å². The second-order valence-electron chi connectivity index (χ2n) is 4.21. The molecule has 0 saturated carbocycles. The van der Waals surface area contributed by atoms with E-state index in [0.717, 1.165) is 5.56 Å². The molecule has 0 aliphatic carbocycles. The van der Waals surface area contributed by atoms with Crippen LogP contribution in [-0.4, -0.2) is 16.9 Å². The molecular formula is C13H12F3NO. The summed E-state index contributed by atoms with van der Waals surface area (Å²) < 4.78 is 37.8. The standard InChI is InChI=1S/C13H12F3NO/c1-3-9-11(12(18)13(14,15)16)8-6-7(2)4-5-10(8)17-9/h4-6,17H,3H2,1-2H3. The van der Waals surface area contributed by atoms with Crippen molar-refractivity contribution in [2.24, 2.45) is 0 Å². The van der Waals surface area contributed by atoms with Crippen molar-refractivity contribution in [3.63, 3.8) is 0 Å². The number of aromatic amines is 1. The first kappa shape index (κ1) is 12.7. The van der Waals surface area contributed by atoms with Gasteiger partial charge in [0.05, 0.1) is 5.56 Å². The van der Waals surface area contributed by atoms with Gasteiger partial charge in [-0.15, -0.1) is 0 Å². The number of hydrogen-bond acceptors (Lipinski definition) is 1. The van der Waals surface area contributed by atoms with Crippen LogP contribution in [0.1, 0.15) is 28.5 Å². The Morgan fingerprint density at radius 3 is 2.56 bits per heavy atom. The van der Waals surface area contributed by atoms with E-state index in [1.54, 1.807) is 32.0 Å². The zero-order valence-electron chi connectivity index (χ0n) is 9.98. The predicted molar refractivity (Wildman–Crippen MR) is 62.8 cm³/mol. The maximum atomic E-state index is 12.6. The molecule has 1 aromatic heterocycles. The number of ketones is 1. The lowest BCUT2D eigenvalue weighted by Gasteiger charge is -2.06. The second kappa shape index (κ2) is 4.15. The molecule has 0 radical (unpaired) electrons. The molecule has 0 aliphatic heterocycles. The van der Waals surface area contributed by atoms with E-state index in [2.05, 4.69) is 4.98 Å². The number of aromatic nitrogens is 1. The highest BCUT2D eigenvalue weighted by molar-refractivity contribution is 6.11. The third kappa shape index (κ3) is 2.00. The lowest BCUT2D eigenvalue weighted by atomic mass is 10.0. The smallest absolute Gasteiger partial charge is 0.358 e. The Morgan fingerprint density at radius 1 is 1.33 bits per heavy atom. The zero-order valence-corrected chi connectivity index (χ0v) is 9.98. The third-order valence-electron chi connectivity index (χ3n) is 2.87. The van der Waals surface area contributed by atoms with E-state index >= 15 is 0 Å². The number of H-pyrrole nitrogens is 1. The molecular weight excluding hydrogens is 243 g/mol. The van der Waals surface area contributed by atoms with Gasteiger partial charge in [0.25, 0.3) is 5.78 Å². The Morgan fingerprint density at radius 2 is 2.00 bits per heavy atom. The minimum Gasteiger partial charge on any atom is -0.358 e. The molecule has 0 fully saturated rings. The van der Waals surface area contributed by atoms with Crippen LogP contribution < -0.4 is 0 Å². The van der Waals surface area contributed by atoms with Gasteiger partial charge in [-0.05, 0) is 25.5 Å².